The summed E-state index contributed by atoms with van der Waals surface area (Å²) in [4.78, 5) is 6.90. The standard InChI is InChI=1S/C24H38N6O2.HI/c1-18(17-30-20(3)14-19(2)28-30)15-26-24(25-4)27-16-23(29-10-12-32-13-11-29)21-6-8-22(31-5)9-7-21;/h6-9,14,18,23H,10-13,15-17H2,1-5H3,(H2,25,26,27);1H. The van der Waals surface area contributed by atoms with E-state index in [1.807, 2.05) is 26.1 Å². The Hall–Kier alpha value is -1.85. The van der Waals surface area contributed by atoms with Crippen molar-refractivity contribution >= 4 is 29.9 Å². The molecular weight excluding hydrogens is 531 g/mol. The first-order chi connectivity index (χ1) is 15.5. The molecule has 0 bridgehead atoms. The molecular formula is C24H39IN6O2. The first-order valence-corrected chi connectivity index (χ1v) is 11.4. The summed E-state index contributed by atoms with van der Waals surface area (Å²) in [6.45, 7) is 12.2. The van der Waals surface area contributed by atoms with Crippen LogP contribution in [-0.4, -0.2) is 74.2 Å². The van der Waals surface area contributed by atoms with E-state index in [9.17, 15) is 0 Å². The van der Waals surface area contributed by atoms with E-state index in [0.29, 0.717) is 5.92 Å². The van der Waals surface area contributed by atoms with Gasteiger partial charge in [0, 0.05) is 45.5 Å². The molecule has 1 aromatic carbocycles. The van der Waals surface area contributed by atoms with Gasteiger partial charge in [-0.1, -0.05) is 19.1 Å². The van der Waals surface area contributed by atoms with E-state index in [4.69, 9.17) is 9.47 Å². The van der Waals surface area contributed by atoms with Crippen LogP contribution < -0.4 is 15.4 Å². The van der Waals surface area contributed by atoms with E-state index in [2.05, 4.69) is 62.4 Å². The molecule has 0 saturated carbocycles. The third-order valence-electron chi connectivity index (χ3n) is 5.88. The third-order valence-corrected chi connectivity index (χ3v) is 5.88. The molecule has 1 fully saturated rings. The van der Waals surface area contributed by atoms with Crippen LogP contribution in [0.1, 0.15) is 29.9 Å². The Morgan fingerprint density at radius 2 is 1.82 bits per heavy atom. The number of hydrogen-bond donors (Lipinski definition) is 2. The summed E-state index contributed by atoms with van der Waals surface area (Å²) in [6.07, 6.45) is 0. The molecule has 3 rings (SSSR count). The van der Waals surface area contributed by atoms with E-state index >= 15 is 0 Å². The minimum absolute atomic E-state index is 0. The zero-order chi connectivity index (χ0) is 22.9. The first kappa shape index (κ1) is 27.4. The highest BCUT2D eigenvalue weighted by Gasteiger charge is 2.23. The zero-order valence-electron chi connectivity index (χ0n) is 20.5. The van der Waals surface area contributed by atoms with Gasteiger partial charge in [-0.25, -0.2) is 0 Å². The lowest BCUT2D eigenvalue weighted by Gasteiger charge is -2.35. The first-order valence-electron chi connectivity index (χ1n) is 11.4. The summed E-state index contributed by atoms with van der Waals surface area (Å²) >= 11 is 0. The highest BCUT2D eigenvalue weighted by Crippen LogP contribution is 2.23. The topological polar surface area (TPSA) is 75.9 Å². The van der Waals surface area contributed by atoms with Crippen molar-refractivity contribution in [2.75, 3.05) is 53.6 Å². The number of morpholine rings is 1. The second-order valence-corrected chi connectivity index (χ2v) is 8.49. The number of guanidine groups is 1. The van der Waals surface area contributed by atoms with Crippen molar-refractivity contribution in [1.29, 1.82) is 0 Å². The fraction of sp³-hybridized carbons (Fsp3) is 0.583. The number of nitrogens with one attached hydrogen (secondary N) is 2. The molecule has 9 heteroatoms. The van der Waals surface area contributed by atoms with Crippen molar-refractivity contribution in [1.82, 2.24) is 25.3 Å². The molecule has 1 aliphatic rings. The van der Waals surface area contributed by atoms with Crippen LogP contribution in [-0.2, 0) is 11.3 Å². The zero-order valence-corrected chi connectivity index (χ0v) is 22.8. The number of ether oxygens (including phenoxy) is 2. The number of aryl methyl sites for hydroxylation is 2. The fourth-order valence-electron chi connectivity index (χ4n) is 4.08. The summed E-state index contributed by atoms with van der Waals surface area (Å²) in [6, 6.07) is 10.7. The molecule has 2 aromatic rings. The largest absolute Gasteiger partial charge is 0.497 e. The lowest BCUT2D eigenvalue weighted by molar-refractivity contribution is 0.0170. The summed E-state index contributed by atoms with van der Waals surface area (Å²) in [5.41, 5.74) is 3.52. The minimum atomic E-state index is 0. The van der Waals surface area contributed by atoms with E-state index in [-0.39, 0.29) is 30.0 Å². The van der Waals surface area contributed by atoms with Crippen molar-refractivity contribution in [2.45, 2.75) is 33.4 Å². The van der Waals surface area contributed by atoms with Gasteiger partial charge in [0.15, 0.2) is 5.96 Å². The molecule has 2 heterocycles. The lowest BCUT2D eigenvalue weighted by Crippen LogP contribution is -2.47. The normalized spacial score (nSPS) is 16.6. The Balaban J connectivity index is 0.00000385. The predicted octanol–water partition coefficient (Wildman–Crippen LogP) is 3.00. The van der Waals surface area contributed by atoms with Gasteiger partial charge in [0.25, 0.3) is 0 Å². The van der Waals surface area contributed by atoms with Crippen molar-refractivity contribution in [3.05, 3.63) is 47.3 Å². The Kier molecular flexibility index (Phi) is 11.4. The maximum atomic E-state index is 5.57. The molecule has 1 aromatic heterocycles. The Morgan fingerprint density at radius 3 is 2.39 bits per heavy atom. The second kappa shape index (κ2) is 13.8. The smallest absolute Gasteiger partial charge is 0.191 e. The Labute approximate surface area is 215 Å². The van der Waals surface area contributed by atoms with E-state index < -0.39 is 0 Å². The maximum absolute atomic E-state index is 5.57. The van der Waals surface area contributed by atoms with Gasteiger partial charge < -0.3 is 20.1 Å². The van der Waals surface area contributed by atoms with Crippen LogP contribution in [0, 0.1) is 19.8 Å². The molecule has 0 radical (unpaired) electrons. The van der Waals surface area contributed by atoms with Crippen molar-refractivity contribution in [2.24, 2.45) is 10.9 Å². The van der Waals surface area contributed by atoms with Crippen molar-refractivity contribution < 1.29 is 9.47 Å². The van der Waals surface area contributed by atoms with Crippen LogP contribution in [0.25, 0.3) is 0 Å². The van der Waals surface area contributed by atoms with Crippen LogP contribution in [0.4, 0.5) is 0 Å². The van der Waals surface area contributed by atoms with Crippen LogP contribution in [0.15, 0.2) is 35.3 Å². The van der Waals surface area contributed by atoms with Gasteiger partial charge in [-0.2, -0.15) is 5.10 Å². The summed E-state index contributed by atoms with van der Waals surface area (Å²) < 4.78 is 13.0. The fourth-order valence-corrected chi connectivity index (χ4v) is 4.08. The molecule has 1 aliphatic heterocycles. The molecule has 2 unspecified atom stereocenters. The lowest BCUT2D eigenvalue weighted by atomic mass is 10.0. The highest BCUT2D eigenvalue weighted by molar-refractivity contribution is 14.0. The average Bonchev–Trinajstić information content (AvgIpc) is 3.13. The molecule has 0 spiro atoms. The number of aromatic nitrogens is 2. The molecule has 2 atom stereocenters. The number of halogens is 1. The van der Waals surface area contributed by atoms with Crippen molar-refractivity contribution in [3.63, 3.8) is 0 Å². The third kappa shape index (κ3) is 8.15. The SMILES string of the molecule is CN=C(NCC(C)Cn1nc(C)cc1C)NCC(c1ccc(OC)cc1)N1CCOCC1.I. The van der Waals surface area contributed by atoms with Crippen LogP contribution in [0.5, 0.6) is 5.75 Å². The molecule has 1 saturated heterocycles. The van der Waals surface area contributed by atoms with Gasteiger partial charge in [-0.3, -0.25) is 14.6 Å². The number of benzene rings is 1. The van der Waals surface area contributed by atoms with Gasteiger partial charge in [-0.05, 0) is 43.5 Å². The van der Waals surface area contributed by atoms with Crippen LogP contribution in [0.3, 0.4) is 0 Å². The minimum Gasteiger partial charge on any atom is -0.497 e. The molecule has 0 amide bonds. The molecule has 33 heavy (non-hydrogen) atoms. The van der Waals surface area contributed by atoms with Crippen LogP contribution in [0.2, 0.25) is 0 Å². The van der Waals surface area contributed by atoms with Gasteiger partial charge >= 0.3 is 0 Å². The number of methoxy groups -OCH3 is 1. The molecule has 2 N–H and O–H groups in total. The Bertz CT molecular complexity index is 864. The summed E-state index contributed by atoms with van der Waals surface area (Å²) in [5.74, 6) is 2.11. The molecule has 184 valence electrons. The Morgan fingerprint density at radius 1 is 1.15 bits per heavy atom. The van der Waals surface area contributed by atoms with E-state index in [1.54, 1.807) is 7.11 Å². The number of hydrogen-bond acceptors (Lipinski definition) is 5. The van der Waals surface area contributed by atoms with Gasteiger partial charge in [0.05, 0.1) is 32.1 Å². The maximum Gasteiger partial charge on any atom is 0.191 e. The number of rotatable bonds is 9. The van der Waals surface area contributed by atoms with Crippen molar-refractivity contribution in [3.8, 4) is 5.75 Å². The predicted molar refractivity (Wildman–Crippen MR) is 144 cm³/mol. The monoisotopic (exact) mass is 570 g/mol. The summed E-state index contributed by atoms with van der Waals surface area (Å²) in [7, 11) is 3.51. The van der Waals surface area contributed by atoms with Gasteiger partial charge in [-0.15, -0.1) is 24.0 Å². The number of aliphatic imine (C=N–C) groups is 1. The van der Waals surface area contributed by atoms with Gasteiger partial charge in [0.2, 0.25) is 0 Å². The van der Waals surface area contributed by atoms with Gasteiger partial charge in [0.1, 0.15) is 5.75 Å². The quantitative estimate of drug-likeness (QED) is 0.275. The van der Waals surface area contributed by atoms with E-state index in [0.717, 1.165) is 63.3 Å². The number of nitrogens with zero attached hydrogens (tertiary/aromatic N) is 4. The average molecular weight is 571 g/mol. The highest BCUT2D eigenvalue weighted by atomic mass is 127. The molecule has 8 nitrogen and oxygen atoms in total. The van der Waals surface area contributed by atoms with E-state index in [1.165, 1.54) is 11.3 Å². The summed E-state index contributed by atoms with van der Waals surface area (Å²) in [5, 5.41) is 11.6. The second-order valence-electron chi connectivity index (χ2n) is 8.49. The van der Waals surface area contributed by atoms with Crippen LogP contribution >= 0.6 is 24.0 Å². The molecule has 0 aliphatic carbocycles.